The van der Waals surface area contributed by atoms with Crippen LogP contribution in [0.15, 0.2) is 0 Å². The topological polar surface area (TPSA) is 0 Å². The zero-order chi connectivity index (χ0) is 0. The number of rotatable bonds is 0. The van der Waals surface area contributed by atoms with Crippen molar-refractivity contribution in [3.8, 4) is 0 Å². The molecule has 0 fully saturated rings. The Hall–Kier alpha value is 4.21. The summed E-state index contributed by atoms with van der Waals surface area (Å²) < 4.78 is 0. The van der Waals surface area contributed by atoms with Crippen molar-refractivity contribution in [2.24, 2.45) is 0 Å². The van der Waals surface area contributed by atoms with Crippen LogP contribution in [0.4, 0.5) is 0 Å². The normalized spacial score (nSPS) is 0. The van der Waals surface area contributed by atoms with Gasteiger partial charge < -0.3 is 0 Å². The monoisotopic (exact) mass is 154 g/mol. The van der Waals surface area contributed by atoms with Gasteiger partial charge in [-0.15, -0.1) is 0 Å². The van der Waals surface area contributed by atoms with Gasteiger partial charge in [-0.3, -0.25) is 0 Å². The second kappa shape index (κ2) is 15.7. The Balaban J connectivity index is 0. The van der Waals surface area contributed by atoms with Gasteiger partial charge in [-0.05, 0) is 0 Å². The minimum atomic E-state index is 0. The molecule has 0 aliphatic heterocycles. The van der Waals surface area contributed by atoms with Crippen LogP contribution in [0.25, 0.3) is 0 Å². The van der Waals surface area contributed by atoms with Gasteiger partial charge in [0.2, 0.25) is 0 Å². The molecule has 0 heterocycles. The van der Waals surface area contributed by atoms with Crippen molar-refractivity contribution in [3.63, 3.8) is 0 Å². The van der Waals surface area contributed by atoms with Crippen molar-refractivity contribution < 1.29 is 0 Å². The van der Waals surface area contributed by atoms with E-state index in [0.717, 1.165) is 0 Å². The van der Waals surface area contributed by atoms with Gasteiger partial charge in [-0.25, -0.2) is 0 Å². The molecule has 0 aromatic carbocycles. The van der Waals surface area contributed by atoms with Crippen molar-refractivity contribution in [1.29, 1.82) is 0 Å². The standard InChI is InChI=1S/3Ca.H3P/h;;;1H3. The molecule has 0 bridgehead atoms. The smallest absolute Gasteiger partial charge is 0 e. The summed E-state index contributed by atoms with van der Waals surface area (Å²) in [6.45, 7) is 0. The van der Waals surface area contributed by atoms with Crippen molar-refractivity contribution in [2.75, 3.05) is 0 Å². The summed E-state index contributed by atoms with van der Waals surface area (Å²) >= 11 is 0. The van der Waals surface area contributed by atoms with Gasteiger partial charge in [-0.2, -0.15) is 9.90 Å². The Morgan fingerprint density at radius 3 is 0.500 bits per heavy atom. The first-order valence-corrected chi connectivity index (χ1v) is 0. The van der Waals surface area contributed by atoms with Crippen LogP contribution in [0.1, 0.15) is 0 Å². The quantitative estimate of drug-likeness (QED) is 0.307. The minimum Gasteiger partial charge on any atom is -0.153 e. The Morgan fingerprint density at radius 2 is 0.500 bits per heavy atom. The van der Waals surface area contributed by atoms with Gasteiger partial charge in [0, 0.05) is 113 Å². The van der Waals surface area contributed by atoms with E-state index in [-0.39, 0.29) is 123 Å². The van der Waals surface area contributed by atoms with E-state index in [0.29, 0.717) is 0 Å². The molecule has 0 aliphatic carbocycles. The molecular weight excluding hydrogens is 151 g/mol. The fraction of sp³-hybridized carbons (Fsp3) is 0. The maximum atomic E-state index is 0. The average molecular weight is 154 g/mol. The van der Waals surface area contributed by atoms with Crippen LogP contribution in [0, 0.1) is 0 Å². The Kier molecular flexibility index (Phi) is 94.4. The summed E-state index contributed by atoms with van der Waals surface area (Å²) in [5, 5.41) is 0. The molecule has 0 spiro atoms. The molecule has 6 radical (unpaired) electrons. The second-order valence-electron chi connectivity index (χ2n) is 0. The first kappa shape index (κ1) is 24.1. The SMILES string of the molecule is P.[Ca].[Ca].[Ca]. The van der Waals surface area contributed by atoms with Crippen LogP contribution in [0.5, 0.6) is 0 Å². The zero-order valence-electron chi connectivity index (χ0n) is 2.83. The van der Waals surface area contributed by atoms with Crippen molar-refractivity contribution in [2.45, 2.75) is 0 Å². The Labute approximate surface area is 119 Å². The van der Waals surface area contributed by atoms with E-state index < -0.39 is 0 Å². The Morgan fingerprint density at radius 1 is 0.500 bits per heavy atom. The zero-order valence-corrected chi connectivity index (χ0v) is 10.9. The third-order valence-corrected chi connectivity index (χ3v) is 0. The van der Waals surface area contributed by atoms with Gasteiger partial charge in [0.15, 0.2) is 0 Å². The van der Waals surface area contributed by atoms with Gasteiger partial charge >= 0.3 is 0 Å². The molecule has 1 atom stereocenters. The van der Waals surface area contributed by atoms with E-state index in [1.807, 2.05) is 0 Å². The summed E-state index contributed by atoms with van der Waals surface area (Å²) in [6.07, 6.45) is 0. The largest absolute Gasteiger partial charge is 0.153 e. The summed E-state index contributed by atoms with van der Waals surface area (Å²) in [6, 6.07) is 0. The van der Waals surface area contributed by atoms with Gasteiger partial charge in [0.1, 0.15) is 0 Å². The molecule has 0 aliphatic rings. The molecule has 0 aromatic rings. The van der Waals surface area contributed by atoms with Crippen LogP contribution in [-0.4, -0.2) is 113 Å². The molecule has 0 aromatic heterocycles. The first-order chi connectivity index (χ1) is 0. The Bertz CT molecular complexity index is 3.25. The van der Waals surface area contributed by atoms with E-state index in [2.05, 4.69) is 0 Å². The average Bonchev–Trinajstić information content (AvgIpc) is 0. The predicted molar refractivity (Wildman–Crippen MR) is 28.4 cm³/mol. The fourth-order valence-corrected chi connectivity index (χ4v) is 0. The van der Waals surface area contributed by atoms with Crippen LogP contribution in [0.2, 0.25) is 0 Å². The van der Waals surface area contributed by atoms with Crippen molar-refractivity contribution in [1.82, 2.24) is 0 Å². The molecule has 0 saturated heterocycles. The predicted octanol–water partition coefficient (Wildman–Crippen LogP) is -1.08. The van der Waals surface area contributed by atoms with Crippen LogP contribution in [-0.2, 0) is 0 Å². The molecule has 0 rings (SSSR count). The van der Waals surface area contributed by atoms with Crippen molar-refractivity contribution >= 4 is 123 Å². The summed E-state index contributed by atoms with van der Waals surface area (Å²) in [5.74, 6) is 0. The van der Waals surface area contributed by atoms with E-state index >= 15 is 0 Å². The maximum Gasteiger partial charge on any atom is 0 e. The van der Waals surface area contributed by atoms with E-state index in [9.17, 15) is 0 Å². The fourth-order valence-electron chi connectivity index (χ4n) is 0. The third-order valence-electron chi connectivity index (χ3n) is 0. The van der Waals surface area contributed by atoms with Gasteiger partial charge in [0.25, 0.3) is 0 Å². The molecule has 14 valence electrons. The second-order valence-corrected chi connectivity index (χ2v) is 0. The van der Waals surface area contributed by atoms with Crippen LogP contribution >= 0.6 is 9.90 Å². The first-order valence-electron chi connectivity index (χ1n) is 0. The molecule has 0 amide bonds. The summed E-state index contributed by atoms with van der Waals surface area (Å²) in [4.78, 5) is 0. The van der Waals surface area contributed by atoms with E-state index in [4.69, 9.17) is 0 Å². The summed E-state index contributed by atoms with van der Waals surface area (Å²) in [7, 11) is 0. The third kappa shape index (κ3) is 9.51. The molecule has 4 heavy (non-hydrogen) atoms. The minimum absolute atomic E-state index is 0. The molecule has 1 unspecified atom stereocenters. The van der Waals surface area contributed by atoms with Gasteiger partial charge in [0.05, 0.1) is 0 Å². The molecule has 0 nitrogen and oxygen atoms in total. The summed E-state index contributed by atoms with van der Waals surface area (Å²) in [5.41, 5.74) is 0. The molecular formula is H3Ca3P. The molecule has 4 heteroatoms. The number of hydrogen-bond acceptors (Lipinski definition) is 0. The van der Waals surface area contributed by atoms with E-state index in [1.54, 1.807) is 0 Å². The van der Waals surface area contributed by atoms with Crippen LogP contribution in [0.3, 0.4) is 0 Å². The molecule has 0 N–H and O–H groups in total. The van der Waals surface area contributed by atoms with Gasteiger partial charge in [-0.1, -0.05) is 0 Å². The maximum absolute atomic E-state index is 0. The van der Waals surface area contributed by atoms with Crippen LogP contribution < -0.4 is 0 Å². The van der Waals surface area contributed by atoms with E-state index in [1.165, 1.54) is 0 Å². The molecule has 0 saturated carbocycles. The van der Waals surface area contributed by atoms with Crippen molar-refractivity contribution in [3.05, 3.63) is 0 Å². The number of hydrogen-bond donors (Lipinski definition) is 0.